The molecule has 1 fully saturated rings. The number of hydrogen-bond acceptors (Lipinski definition) is 0. The highest BCUT2D eigenvalue weighted by Gasteiger charge is 2.13. The Hall–Kier alpha value is 1.29. The fourth-order valence-corrected chi connectivity index (χ4v) is 10.4. The minimum atomic E-state index is 0.408. The third kappa shape index (κ3) is 7.17. The van der Waals surface area contributed by atoms with E-state index in [9.17, 15) is 0 Å². The van der Waals surface area contributed by atoms with Gasteiger partial charge in [0.2, 0.25) is 0 Å². The molecule has 0 aromatic rings. The van der Waals surface area contributed by atoms with Gasteiger partial charge in [0.15, 0.2) is 0 Å². The van der Waals surface area contributed by atoms with Gasteiger partial charge in [-0.1, -0.05) is 20.8 Å². The number of hydrogen-bond donors (Lipinski definition) is 0. The molecule has 0 spiro atoms. The summed E-state index contributed by atoms with van der Waals surface area (Å²) in [4.78, 5) is 0. The van der Waals surface area contributed by atoms with E-state index in [4.69, 9.17) is 0 Å². The molecular weight excluding hydrogens is 273 g/mol. The summed E-state index contributed by atoms with van der Waals surface area (Å²) in [6.45, 7) is 7.30. The summed E-state index contributed by atoms with van der Waals surface area (Å²) in [5, 5.41) is 0. The van der Waals surface area contributed by atoms with Crippen LogP contribution >= 0.6 is 23.8 Å². The Balaban J connectivity index is 2.44. The molecule has 3 unspecified atom stereocenters. The summed E-state index contributed by atoms with van der Waals surface area (Å²) in [5.74, 6) is 0. The van der Waals surface area contributed by atoms with Crippen molar-refractivity contribution in [2.24, 2.45) is 0 Å². The molecule has 108 valence electrons. The molecule has 18 heavy (non-hydrogen) atoms. The normalized spacial score (nSPS) is 32.5. The summed E-state index contributed by atoms with van der Waals surface area (Å²) in [6.07, 6.45) is 18.7. The van der Waals surface area contributed by atoms with E-state index in [1.54, 1.807) is 56.2 Å². The van der Waals surface area contributed by atoms with Crippen LogP contribution in [0.25, 0.3) is 0 Å². The van der Waals surface area contributed by atoms with Gasteiger partial charge >= 0.3 is 0 Å². The average molecular weight is 306 g/mol. The molecule has 1 saturated heterocycles. The van der Waals surface area contributed by atoms with Crippen LogP contribution in [0.4, 0.5) is 0 Å². The van der Waals surface area contributed by atoms with E-state index >= 15 is 0 Å². The SMILES string of the molecule is CCP1CCCCP(CC)CCP(CC)CCC1. The molecule has 0 bridgehead atoms. The van der Waals surface area contributed by atoms with E-state index in [0.717, 1.165) is 0 Å². The highest BCUT2D eigenvalue weighted by molar-refractivity contribution is 7.61. The van der Waals surface area contributed by atoms with Crippen molar-refractivity contribution in [2.45, 2.75) is 40.0 Å². The lowest BCUT2D eigenvalue weighted by atomic mass is 10.4. The minimum absolute atomic E-state index is 0.408. The Morgan fingerprint density at radius 2 is 0.833 bits per heavy atom. The zero-order valence-corrected chi connectivity index (χ0v) is 15.5. The summed E-state index contributed by atoms with van der Waals surface area (Å²) in [7, 11) is 1.23. The van der Waals surface area contributed by atoms with Crippen LogP contribution < -0.4 is 0 Å². The van der Waals surface area contributed by atoms with Gasteiger partial charge in [-0.25, -0.2) is 0 Å². The molecule has 0 aliphatic carbocycles. The van der Waals surface area contributed by atoms with Gasteiger partial charge < -0.3 is 0 Å². The largest absolute Gasteiger partial charge is 0.107 e. The van der Waals surface area contributed by atoms with Crippen LogP contribution in [0.1, 0.15) is 40.0 Å². The zero-order chi connectivity index (χ0) is 13.2. The van der Waals surface area contributed by atoms with Crippen molar-refractivity contribution in [3.05, 3.63) is 0 Å². The van der Waals surface area contributed by atoms with Crippen molar-refractivity contribution in [1.29, 1.82) is 0 Å². The molecular formula is C15H33P3. The van der Waals surface area contributed by atoms with Gasteiger partial charge in [0.1, 0.15) is 0 Å². The van der Waals surface area contributed by atoms with Crippen LogP contribution in [0, 0.1) is 0 Å². The lowest BCUT2D eigenvalue weighted by molar-refractivity contribution is 0.889. The highest BCUT2D eigenvalue weighted by atomic mass is 31.1. The molecule has 3 heteroatoms. The Morgan fingerprint density at radius 3 is 1.22 bits per heavy atom. The molecule has 0 nitrogen and oxygen atoms in total. The molecule has 1 rings (SSSR count). The van der Waals surface area contributed by atoms with Crippen molar-refractivity contribution >= 4 is 23.8 Å². The summed E-state index contributed by atoms with van der Waals surface area (Å²) in [6, 6.07) is 0. The predicted molar refractivity (Wildman–Crippen MR) is 95.4 cm³/mol. The standard InChI is InChI=1S/C15H33P3/c1-4-16-10-7-8-11-17(5-2)14-15-18(6-3)13-9-12-16/h4-15H2,1-3H3. The maximum atomic E-state index is 2.44. The smallest absolute Gasteiger partial charge is 0.0286 e. The van der Waals surface area contributed by atoms with Crippen molar-refractivity contribution in [3.63, 3.8) is 0 Å². The van der Waals surface area contributed by atoms with Gasteiger partial charge in [-0.15, -0.1) is 23.8 Å². The molecule has 0 aromatic heterocycles. The Bertz CT molecular complexity index is 196. The molecule has 0 N–H and O–H groups in total. The molecule has 0 amide bonds. The van der Waals surface area contributed by atoms with Crippen LogP contribution in [0.15, 0.2) is 0 Å². The molecule has 3 atom stereocenters. The highest BCUT2D eigenvalue weighted by Crippen LogP contribution is 2.46. The second kappa shape index (κ2) is 11.0. The molecule has 1 aliphatic rings. The monoisotopic (exact) mass is 306 g/mol. The second-order valence-corrected chi connectivity index (χ2v) is 14.0. The predicted octanol–water partition coefficient (Wildman–Crippen LogP) is 5.68. The van der Waals surface area contributed by atoms with Gasteiger partial charge in [-0.05, 0) is 74.7 Å². The minimum Gasteiger partial charge on any atom is -0.107 e. The second-order valence-electron chi connectivity index (χ2n) is 5.36. The maximum absolute atomic E-state index is 2.44. The van der Waals surface area contributed by atoms with Gasteiger partial charge in [-0.2, -0.15) is 0 Å². The zero-order valence-electron chi connectivity index (χ0n) is 12.8. The summed E-state index contributed by atoms with van der Waals surface area (Å²) >= 11 is 0. The maximum Gasteiger partial charge on any atom is -0.0286 e. The van der Waals surface area contributed by atoms with Crippen molar-refractivity contribution < 1.29 is 0 Å². The quantitative estimate of drug-likeness (QED) is 0.589. The van der Waals surface area contributed by atoms with Crippen LogP contribution in [-0.4, -0.2) is 55.5 Å². The molecule has 0 saturated carbocycles. The van der Waals surface area contributed by atoms with Crippen molar-refractivity contribution in [2.75, 3.05) is 55.5 Å². The summed E-state index contributed by atoms with van der Waals surface area (Å²) in [5.41, 5.74) is 0. The van der Waals surface area contributed by atoms with Crippen LogP contribution in [0.2, 0.25) is 0 Å². The van der Waals surface area contributed by atoms with Gasteiger partial charge in [0.25, 0.3) is 0 Å². The van der Waals surface area contributed by atoms with E-state index in [2.05, 4.69) is 20.8 Å². The van der Waals surface area contributed by atoms with Crippen LogP contribution in [-0.2, 0) is 0 Å². The number of rotatable bonds is 3. The van der Waals surface area contributed by atoms with E-state index in [-0.39, 0.29) is 0 Å². The first-order valence-corrected chi connectivity index (χ1v) is 13.7. The fourth-order valence-electron chi connectivity index (χ4n) is 2.76. The van der Waals surface area contributed by atoms with E-state index in [1.165, 1.54) is 18.5 Å². The van der Waals surface area contributed by atoms with Gasteiger partial charge in [0, 0.05) is 0 Å². The molecule has 1 aliphatic heterocycles. The first-order valence-electron chi connectivity index (χ1n) is 7.97. The third-order valence-corrected chi connectivity index (χ3v) is 12.8. The van der Waals surface area contributed by atoms with Gasteiger partial charge in [0.05, 0.1) is 0 Å². The van der Waals surface area contributed by atoms with Crippen molar-refractivity contribution in [3.8, 4) is 0 Å². The van der Waals surface area contributed by atoms with Crippen LogP contribution in [0.5, 0.6) is 0 Å². The Labute approximate surface area is 119 Å². The Kier molecular flexibility index (Phi) is 10.6. The lowest BCUT2D eigenvalue weighted by Crippen LogP contribution is -2.04. The first-order chi connectivity index (χ1) is 8.80. The van der Waals surface area contributed by atoms with Crippen LogP contribution in [0.3, 0.4) is 0 Å². The topological polar surface area (TPSA) is 0 Å². The average Bonchev–Trinajstić information content (AvgIpc) is 2.39. The van der Waals surface area contributed by atoms with Gasteiger partial charge in [-0.3, -0.25) is 0 Å². The fraction of sp³-hybridized carbons (Fsp3) is 1.00. The Morgan fingerprint density at radius 1 is 0.500 bits per heavy atom. The van der Waals surface area contributed by atoms with E-state index in [1.807, 2.05) is 0 Å². The molecule has 0 aromatic carbocycles. The van der Waals surface area contributed by atoms with E-state index < -0.39 is 0 Å². The van der Waals surface area contributed by atoms with E-state index in [0.29, 0.717) is 23.8 Å². The molecule has 1 heterocycles. The first kappa shape index (κ1) is 17.3. The lowest BCUT2D eigenvalue weighted by Gasteiger charge is -2.24. The third-order valence-electron chi connectivity index (χ3n) is 4.22. The molecule has 0 radical (unpaired) electrons. The summed E-state index contributed by atoms with van der Waals surface area (Å²) < 4.78 is 0. The van der Waals surface area contributed by atoms with Crippen molar-refractivity contribution in [1.82, 2.24) is 0 Å².